The third-order valence-electron chi connectivity index (χ3n) is 6.35. The Kier molecular flexibility index (Phi) is 9.65. The van der Waals surface area contributed by atoms with Crippen molar-refractivity contribution >= 4 is 47.1 Å². The molecule has 14 nitrogen and oxygen atoms in total. The van der Waals surface area contributed by atoms with Gasteiger partial charge in [0.25, 0.3) is 11.5 Å². The summed E-state index contributed by atoms with van der Waals surface area (Å²) < 4.78 is 1.17. The van der Waals surface area contributed by atoms with Crippen LogP contribution in [0.3, 0.4) is 0 Å². The van der Waals surface area contributed by atoms with Gasteiger partial charge in [0.2, 0.25) is 11.8 Å². The SMILES string of the molecule is CCCC(=O)NC1=NN(c2ccc(C(=O)O)cc2)C(=O)C1=Cc1c(NC(=O)CCC)[nH]n(-c2ccc(COO)cc2)c1=O. The van der Waals surface area contributed by atoms with E-state index in [0.29, 0.717) is 24.1 Å². The molecule has 3 aromatic rings. The van der Waals surface area contributed by atoms with Gasteiger partial charge in [0.15, 0.2) is 5.84 Å². The van der Waals surface area contributed by atoms with Gasteiger partial charge in [0.05, 0.1) is 28.1 Å². The number of nitrogens with one attached hydrogen (secondary N) is 3. The van der Waals surface area contributed by atoms with E-state index in [-0.39, 0.29) is 59.4 Å². The minimum absolute atomic E-state index is 0.00358. The van der Waals surface area contributed by atoms with Gasteiger partial charge in [-0.25, -0.2) is 14.4 Å². The molecule has 0 bridgehead atoms. The summed E-state index contributed by atoms with van der Waals surface area (Å²) in [6.07, 6.45) is 2.66. The molecule has 0 fully saturated rings. The van der Waals surface area contributed by atoms with Crippen LogP contribution in [0.2, 0.25) is 0 Å². The maximum atomic E-state index is 13.7. The number of nitrogens with zero attached hydrogens (tertiary/aromatic N) is 3. The first-order valence-corrected chi connectivity index (χ1v) is 13.5. The summed E-state index contributed by atoms with van der Waals surface area (Å²) in [6, 6.07) is 11.9. The number of anilines is 2. The van der Waals surface area contributed by atoms with E-state index in [9.17, 15) is 29.1 Å². The number of carbonyl (C=O) groups excluding carboxylic acids is 3. The van der Waals surface area contributed by atoms with Crippen molar-refractivity contribution in [3.05, 3.63) is 81.1 Å². The average molecular weight is 591 g/mol. The molecule has 0 spiro atoms. The molecule has 0 saturated heterocycles. The van der Waals surface area contributed by atoms with Crippen molar-refractivity contribution < 1.29 is 34.4 Å². The van der Waals surface area contributed by atoms with E-state index in [1.807, 2.05) is 13.8 Å². The number of hydrogen-bond acceptors (Lipinski definition) is 8. The molecule has 1 aliphatic rings. The van der Waals surface area contributed by atoms with Crippen molar-refractivity contribution in [1.82, 2.24) is 15.1 Å². The first-order valence-electron chi connectivity index (χ1n) is 13.5. The molecule has 0 saturated carbocycles. The third kappa shape index (κ3) is 6.94. The Morgan fingerprint density at radius 1 is 0.930 bits per heavy atom. The van der Waals surface area contributed by atoms with Crippen LogP contribution in [0.25, 0.3) is 11.8 Å². The van der Waals surface area contributed by atoms with Crippen molar-refractivity contribution in [3.8, 4) is 5.69 Å². The first kappa shape index (κ1) is 30.6. The number of H-pyrrole nitrogens is 1. The fraction of sp³-hybridized carbons (Fsp3) is 0.241. The van der Waals surface area contributed by atoms with Crippen LogP contribution in [-0.4, -0.2) is 49.7 Å². The van der Waals surface area contributed by atoms with Crippen LogP contribution < -0.4 is 21.2 Å². The fourth-order valence-corrected chi connectivity index (χ4v) is 4.23. The Morgan fingerprint density at radius 2 is 1.53 bits per heavy atom. The van der Waals surface area contributed by atoms with Crippen molar-refractivity contribution in [2.75, 3.05) is 10.3 Å². The predicted molar refractivity (Wildman–Crippen MR) is 157 cm³/mol. The number of aromatic nitrogens is 2. The van der Waals surface area contributed by atoms with Crippen LogP contribution in [0.1, 0.15) is 61.0 Å². The molecular formula is C29H30N6O8. The molecule has 224 valence electrons. The van der Waals surface area contributed by atoms with E-state index in [1.54, 1.807) is 24.3 Å². The zero-order valence-electron chi connectivity index (χ0n) is 23.4. The molecule has 5 N–H and O–H groups in total. The van der Waals surface area contributed by atoms with Gasteiger partial charge in [0.1, 0.15) is 12.4 Å². The number of aromatic amines is 1. The number of amidine groups is 1. The fourth-order valence-electron chi connectivity index (χ4n) is 4.23. The van der Waals surface area contributed by atoms with Gasteiger partial charge in [-0.15, -0.1) is 5.10 Å². The Balaban J connectivity index is 1.81. The van der Waals surface area contributed by atoms with Gasteiger partial charge in [-0.2, -0.15) is 5.01 Å². The number of hydrogen-bond donors (Lipinski definition) is 5. The summed E-state index contributed by atoms with van der Waals surface area (Å²) in [5.74, 6) is -2.70. The zero-order valence-corrected chi connectivity index (χ0v) is 23.4. The van der Waals surface area contributed by atoms with Crippen LogP contribution in [-0.2, 0) is 25.9 Å². The van der Waals surface area contributed by atoms with Gasteiger partial charge in [-0.3, -0.25) is 29.5 Å². The second kappa shape index (κ2) is 13.5. The van der Waals surface area contributed by atoms with Crippen LogP contribution >= 0.6 is 0 Å². The number of amides is 3. The molecule has 0 atom stereocenters. The number of benzene rings is 2. The molecule has 0 unspecified atom stereocenters. The number of carbonyl (C=O) groups is 4. The molecule has 1 aromatic heterocycles. The van der Waals surface area contributed by atoms with E-state index in [0.717, 1.165) is 5.01 Å². The second-order valence-corrected chi connectivity index (χ2v) is 9.55. The molecule has 0 radical (unpaired) electrons. The molecule has 43 heavy (non-hydrogen) atoms. The molecule has 2 heterocycles. The lowest BCUT2D eigenvalue weighted by molar-refractivity contribution is -0.253. The summed E-state index contributed by atoms with van der Waals surface area (Å²) in [5, 5.41) is 31.3. The summed E-state index contributed by atoms with van der Waals surface area (Å²) in [4.78, 5) is 67.8. The van der Waals surface area contributed by atoms with E-state index < -0.39 is 23.3 Å². The van der Waals surface area contributed by atoms with Crippen LogP contribution in [0.15, 0.2) is 64.0 Å². The smallest absolute Gasteiger partial charge is 0.335 e. The maximum absolute atomic E-state index is 13.7. The van der Waals surface area contributed by atoms with Crippen molar-refractivity contribution in [2.24, 2.45) is 5.10 Å². The molecule has 2 aromatic carbocycles. The van der Waals surface area contributed by atoms with Gasteiger partial charge in [0, 0.05) is 12.8 Å². The highest BCUT2D eigenvalue weighted by molar-refractivity contribution is 6.34. The molecule has 3 amide bonds. The molecule has 1 aliphatic heterocycles. The summed E-state index contributed by atoms with van der Waals surface area (Å²) >= 11 is 0. The maximum Gasteiger partial charge on any atom is 0.335 e. The number of carboxylic acids is 1. The Hall–Kier alpha value is -5.34. The third-order valence-corrected chi connectivity index (χ3v) is 6.35. The van der Waals surface area contributed by atoms with Crippen molar-refractivity contribution in [3.63, 3.8) is 0 Å². The van der Waals surface area contributed by atoms with Gasteiger partial charge in [-0.05, 0) is 60.9 Å². The van der Waals surface area contributed by atoms with Crippen molar-refractivity contribution in [1.29, 1.82) is 0 Å². The average Bonchev–Trinajstić information content (AvgIpc) is 3.45. The summed E-state index contributed by atoms with van der Waals surface area (Å²) in [5.41, 5.74) is 0.459. The molecule has 4 rings (SSSR count). The quantitative estimate of drug-likeness (QED) is 0.127. The number of rotatable bonds is 11. The van der Waals surface area contributed by atoms with E-state index in [4.69, 9.17) is 5.26 Å². The zero-order chi connectivity index (χ0) is 31.1. The second-order valence-electron chi connectivity index (χ2n) is 9.55. The van der Waals surface area contributed by atoms with Crippen molar-refractivity contribution in [2.45, 2.75) is 46.1 Å². The normalized spacial score (nSPS) is 13.7. The van der Waals surface area contributed by atoms with Gasteiger partial charge in [-0.1, -0.05) is 26.0 Å². The molecular weight excluding hydrogens is 560 g/mol. The van der Waals surface area contributed by atoms with E-state index in [1.165, 1.54) is 35.0 Å². The lowest BCUT2D eigenvalue weighted by atomic mass is 10.1. The Morgan fingerprint density at radius 3 is 2.12 bits per heavy atom. The lowest BCUT2D eigenvalue weighted by Gasteiger charge is -2.11. The summed E-state index contributed by atoms with van der Waals surface area (Å²) in [7, 11) is 0. The minimum Gasteiger partial charge on any atom is -0.478 e. The van der Waals surface area contributed by atoms with Crippen LogP contribution in [0, 0.1) is 0 Å². The lowest BCUT2D eigenvalue weighted by Crippen LogP contribution is -2.31. The summed E-state index contributed by atoms with van der Waals surface area (Å²) in [6.45, 7) is 3.58. The van der Waals surface area contributed by atoms with Crippen LogP contribution in [0.5, 0.6) is 0 Å². The van der Waals surface area contributed by atoms with E-state index >= 15 is 0 Å². The first-order chi connectivity index (χ1) is 20.7. The van der Waals surface area contributed by atoms with Gasteiger partial charge < -0.3 is 15.7 Å². The highest BCUT2D eigenvalue weighted by atomic mass is 17.1. The number of hydrazone groups is 1. The standard InChI is InChI=1S/C29H30N6O8/c1-3-5-23(36)30-25-21(27(38)34(32-25)19-11-7-17(8-12-19)16-43-42)15-22-26(31-24(37)6-4-2)33-35(28(22)39)20-13-9-18(10-14-20)29(40)41/h7-15,32,42H,3-6,16H2,1-2H3,(H,30,36)(H,40,41)(H,31,33,37). The number of aromatic carboxylic acids is 1. The monoisotopic (exact) mass is 590 g/mol. The van der Waals surface area contributed by atoms with E-state index in [2.05, 4.69) is 25.7 Å². The highest BCUT2D eigenvalue weighted by Crippen LogP contribution is 2.26. The minimum atomic E-state index is -1.14. The largest absolute Gasteiger partial charge is 0.478 e. The van der Waals surface area contributed by atoms with Gasteiger partial charge >= 0.3 is 5.97 Å². The number of carboxylic acid groups (broad SMARTS) is 1. The topological polar surface area (TPSA) is 195 Å². The highest BCUT2D eigenvalue weighted by Gasteiger charge is 2.33. The Bertz CT molecular complexity index is 1650. The Labute approximate surface area is 245 Å². The predicted octanol–water partition coefficient (Wildman–Crippen LogP) is 3.25. The van der Waals surface area contributed by atoms with Crippen LogP contribution in [0.4, 0.5) is 11.5 Å². The molecule has 14 heteroatoms. The molecule has 0 aliphatic carbocycles.